The van der Waals surface area contributed by atoms with Gasteiger partial charge in [0.15, 0.2) is 0 Å². The first-order chi connectivity index (χ1) is 12.1. The molecule has 128 valence electrons. The Morgan fingerprint density at radius 1 is 1.12 bits per heavy atom. The zero-order chi connectivity index (χ0) is 17.8. The van der Waals surface area contributed by atoms with Gasteiger partial charge in [-0.25, -0.2) is 4.79 Å². The lowest BCUT2D eigenvalue weighted by Gasteiger charge is -2.33. The normalized spacial score (nSPS) is 19.7. The summed E-state index contributed by atoms with van der Waals surface area (Å²) in [5.41, 5.74) is 1.80. The van der Waals surface area contributed by atoms with Crippen molar-refractivity contribution in [1.29, 1.82) is 0 Å². The molecule has 0 saturated carbocycles. The molecular formula is C19H17ClN2O3. The van der Waals surface area contributed by atoms with Crippen LogP contribution in [0.25, 0.3) is 0 Å². The standard InChI is InChI=1S/C19H17ClN2O3/c1-12-16(18(23)25-11-13-7-3-2-4-8-13)17(22-19(24)21-12)14-9-5-6-10-15(14)20/h2-10,16-17H,1,11H2,(H2,21,22,24). The Morgan fingerprint density at radius 2 is 1.80 bits per heavy atom. The highest BCUT2D eigenvalue weighted by atomic mass is 35.5. The van der Waals surface area contributed by atoms with Gasteiger partial charge < -0.3 is 15.4 Å². The summed E-state index contributed by atoms with van der Waals surface area (Å²) < 4.78 is 5.43. The molecule has 2 atom stereocenters. The van der Waals surface area contributed by atoms with Crippen molar-refractivity contribution in [2.75, 3.05) is 0 Å². The van der Waals surface area contributed by atoms with Crippen LogP contribution >= 0.6 is 11.6 Å². The lowest BCUT2D eigenvalue weighted by molar-refractivity contribution is -0.149. The number of urea groups is 1. The molecule has 2 aromatic rings. The quantitative estimate of drug-likeness (QED) is 0.823. The number of hydrogen-bond donors (Lipinski definition) is 2. The first kappa shape index (κ1) is 17.0. The Morgan fingerprint density at radius 3 is 2.52 bits per heavy atom. The Bertz CT molecular complexity index is 807. The number of ether oxygens (including phenoxy) is 1. The van der Waals surface area contributed by atoms with Gasteiger partial charge in [-0.1, -0.05) is 66.7 Å². The van der Waals surface area contributed by atoms with Gasteiger partial charge in [0, 0.05) is 10.7 Å². The number of carbonyl (C=O) groups excluding carboxylic acids is 2. The minimum absolute atomic E-state index is 0.145. The summed E-state index contributed by atoms with van der Waals surface area (Å²) in [6.45, 7) is 3.96. The van der Waals surface area contributed by atoms with Crippen LogP contribution in [-0.2, 0) is 16.1 Å². The number of carbonyl (C=O) groups is 2. The van der Waals surface area contributed by atoms with Crippen LogP contribution in [0, 0.1) is 5.92 Å². The Balaban J connectivity index is 1.82. The number of hydrogen-bond acceptors (Lipinski definition) is 3. The van der Waals surface area contributed by atoms with Gasteiger partial charge in [0.1, 0.15) is 12.5 Å². The van der Waals surface area contributed by atoms with Gasteiger partial charge >= 0.3 is 12.0 Å². The lowest BCUT2D eigenvalue weighted by Crippen LogP contribution is -2.51. The SMILES string of the molecule is C=C1NC(=O)NC(c2ccccc2Cl)C1C(=O)OCc1ccccc1. The molecule has 3 rings (SSSR count). The van der Waals surface area contributed by atoms with E-state index in [1.807, 2.05) is 30.3 Å². The van der Waals surface area contributed by atoms with E-state index in [2.05, 4.69) is 17.2 Å². The van der Waals surface area contributed by atoms with E-state index in [0.717, 1.165) is 5.56 Å². The van der Waals surface area contributed by atoms with Gasteiger partial charge in [0.25, 0.3) is 0 Å². The summed E-state index contributed by atoms with van der Waals surface area (Å²) in [5.74, 6) is -1.26. The number of halogens is 1. The molecule has 2 N–H and O–H groups in total. The smallest absolute Gasteiger partial charge is 0.319 e. The first-order valence-electron chi connectivity index (χ1n) is 7.77. The fraction of sp³-hybridized carbons (Fsp3) is 0.158. The van der Waals surface area contributed by atoms with Crippen LogP contribution in [0.15, 0.2) is 66.9 Å². The number of rotatable bonds is 4. The molecule has 0 bridgehead atoms. The molecule has 1 fully saturated rings. The average Bonchev–Trinajstić information content (AvgIpc) is 2.60. The van der Waals surface area contributed by atoms with E-state index in [1.165, 1.54) is 0 Å². The predicted molar refractivity (Wildman–Crippen MR) is 94.7 cm³/mol. The van der Waals surface area contributed by atoms with Crippen molar-refractivity contribution >= 4 is 23.6 Å². The molecule has 0 aromatic heterocycles. The van der Waals surface area contributed by atoms with E-state index < -0.39 is 24.0 Å². The Kier molecular flexibility index (Phi) is 5.05. The summed E-state index contributed by atoms with van der Waals surface area (Å²) >= 11 is 6.24. The molecule has 0 spiro atoms. The molecule has 1 aliphatic heterocycles. The monoisotopic (exact) mass is 356 g/mol. The van der Waals surface area contributed by atoms with Crippen LogP contribution < -0.4 is 10.6 Å². The van der Waals surface area contributed by atoms with Crippen molar-refractivity contribution in [3.8, 4) is 0 Å². The molecule has 0 radical (unpaired) electrons. The van der Waals surface area contributed by atoms with Crippen molar-refractivity contribution in [1.82, 2.24) is 10.6 Å². The van der Waals surface area contributed by atoms with Crippen molar-refractivity contribution < 1.29 is 14.3 Å². The molecule has 2 unspecified atom stereocenters. The molecule has 5 nitrogen and oxygen atoms in total. The van der Waals surface area contributed by atoms with Gasteiger partial charge in [0.05, 0.1) is 6.04 Å². The molecule has 2 aromatic carbocycles. The van der Waals surface area contributed by atoms with Gasteiger partial charge in [-0.15, -0.1) is 0 Å². The molecule has 6 heteroatoms. The van der Waals surface area contributed by atoms with E-state index in [9.17, 15) is 9.59 Å². The van der Waals surface area contributed by atoms with Crippen molar-refractivity contribution in [2.45, 2.75) is 12.6 Å². The van der Waals surface area contributed by atoms with Gasteiger partial charge in [-0.2, -0.15) is 0 Å². The lowest BCUT2D eigenvalue weighted by atomic mass is 9.89. The maximum Gasteiger partial charge on any atom is 0.319 e. The van der Waals surface area contributed by atoms with Crippen molar-refractivity contribution in [2.24, 2.45) is 5.92 Å². The number of benzene rings is 2. The van der Waals surface area contributed by atoms with Crippen LogP contribution in [0.3, 0.4) is 0 Å². The highest BCUT2D eigenvalue weighted by molar-refractivity contribution is 6.31. The molecule has 1 aliphatic rings. The maximum atomic E-state index is 12.7. The Hall–Kier alpha value is -2.79. The average molecular weight is 357 g/mol. The summed E-state index contributed by atoms with van der Waals surface area (Å²) in [7, 11) is 0. The van der Waals surface area contributed by atoms with Crippen molar-refractivity contribution in [3.05, 3.63) is 83.0 Å². The number of nitrogens with one attached hydrogen (secondary N) is 2. The van der Waals surface area contributed by atoms with E-state index in [1.54, 1.807) is 24.3 Å². The third kappa shape index (κ3) is 3.83. The topological polar surface area (TPSA) is 67.4 Å². The molecule has 0 aliphatic carbocycles. The van der Waals surface area contributed by atoms with Crippen LogP contribution in [0.2, 0.25) is 5.02 Å². The third-order valence-corrected chi connectivity index (χ3v) is 4.33. The number of amides is 2. The third-order valence-electron chi connectivity index (χ3n) is 3.99. The largest absolute Gasteiger partial charge is 0.460 e. The summed E-state index contributed by atoms with van der Waals surface area (Å²) in [4.78, 5) is 24.5. The highest BCUT2D eigenvalue weighted by Crippen LogP contribution is 2.34. The molecule has 25 heavy (non-hydrogen) atoms. The fourth-order valence-electron chi connectivity index (χ4n) is 2.77. The van der Waals surface area contributed by atoms with Gasteiger partial charge in [0.2, 0.25) is 0 Å². The minimum Gasteiger partial charge on any atom is -0.460 e. The number of esters is 1. The van der Waals surface area contributed by atoms with Crippen LogP contribution in [0.4, 0.5) is 4.79 Å². The minimum atomic E-state index is -0.777. The summed E-state index contributed by atoms with van der Waals surface area (Å²) in [6.07, 6.45) is 0. The van der Waals surface area contributed by atoms with Crippen LogP contribution in [0.5, 0.6) is 0 Å². The van der Waals surface area contributed by atoms with Crippen LogP contribution in [-0.4, -0.2) is 12.0 Å². The van der Waals surface area contributed by atoms with Crippen LogP contribution in [0.1, 0.15) is 17.2 Å². The molecule has 1 heterocycles. The van der Waals surface area contributed by atoms with Crippen molar-refractivity contribution in [3.63, 3.8) is 0 Å². The van der Waals surface area contributed by atoms with Gasteiger partial charge in [-0.3, -0.25) is 4.79 Å². The predicted octanol–water partition coefficient (Wildman–Crippen LogP) is 3.57. The van der Waals surface area contributed by atoms with E-state index in [4.69, 9.17) is 16.3 Å². The highest BCUT2D eigenvalue weighted by Gasteiger charge is 2.39. The second-order valence-corrected chi connectivity index (χ2v) is 6.10. The molecular weight excluding hydrogens is 340 g/mol. The van der Waals surface area contributed by atoms with E-state index in [0.29, 0.717) is 10.6 Å². The first-order valence-corrected chi connectivity index (χ1v) is 8.15. The van der Waals surface area contributed by atoms with E-state index >= 15 is 0 Å². The second kappa shape index (κ2) is 7.40. The molecule has 1 saturated heterocycles. The summed E-state index contributed by atoms with van der Waals surface area (Å²) in [6, 6.07) is 15.4. The summed E-state index contributed by atoms with van der Waals surface area (Å²) in [5, 5.41) is 5.74. The zero-order valence-electron chi connectivity index (χ0n) is 13.4. The maximum absolute atomic E-state index is 12.7. The Labute approximate surface area is 150 Å². The molecule has 2 amide bonds. The second-order valence-electron chi connectivity index (χ2n) is 5.69. The van der Waals surface area contributed by atoms with E-state index in [-0.39, 0.29) is 12.3 Å². The zero-order valence-corrected chi connectivity index (χ0v) is 14.1. The fourth-order valence-corrected chi connectivity index (χ4v) is 3.02. The van der Waals surface area contributed by atoms with Gasteiger partial charge in [-0.05, 0) is 17.2 Å².